The summed E-state index contributed by atoms with van der Waals surface area (Å²) in [5, 5.41) is 16.8. The van der Waals surface area contributed by atoms with Gasteiger partial charge in [0.2, 0.25) is 5.91 Å². The van der Waals surface area contributed by atoms with Gasteiger partial charge in [-0.2, -0.15) is 0 Å². The second-order valence-electron chi connectivity index (χ2n) is 10.8. The summed E-state index contributed by atoms with van der Waals surface area (Å²) < 4.78 is 5.44. The van der Waals surface area contributed by atoms with Crippen LogP contribution in [0.25, 0.3) is 0 Å². The molecule has 3 atom stereocenters. The van der Waals surface area contributed by atoms with Gasteiger partial charge in [0.05, 0.1) is 10.7 Å². The second-order valence-corrected chi connectivity index (χ2v) is 11.2. The van der Waals surface area contributed by atoms with Crippen LogP contribution in [0, 0.1) is 12.8 Å². The lowest BCUT2D eigenvalue weighted by Gasteiger charge is -2.36. The Labute approximate surface area is 237 Å². The second kappa shape index (κ2) is 14.2. The zero-order chi connectivity index (χ0) is 29.3. The van der Waals surface area contributed by atoms with Crippen molar-refractivity contribution in [2.45, 2.75) is 85.4 Å². The number of hydrogen-bond acceptors (Lipinski definition) is 5. The Morgan fingerprint density at radius 2 is 1.74 bits per heavy atom. The van der Waals surface area contributed by atoms with E-state index in [-0.39, 0.29) is 23.8 Å². The van der Waals surface area contributed by atoms with E-state index in [2.05, 4.69) is 10.6 Å². The fourth-order valence-electron chi connectivity index (χ4n) is 4.14. The van der Waals surface area contributed by atoms with Crippen LogP contribution in [-0.4, -0.2) is 46.1 Å². The number of aromatic hydroxyl groups is 1. The van der Waals surface area contributed by atoms with Crippen LogP contribution in [0.15, 0.2) is 42.5 Å². The number of ether oxygens (including phenoxy) is 1. The van der Waals surface area contributed by atoms with Crippen LogP contribution in [0.4, 0.5) is 10.5 Å². The first-order chi connectivity index (χ1) is 18.3. The molecule has 0 spiro atoms. The van der Waals surface area contributed by atoms with Gasteiger partial charge in [-0.05, 0) is 57.7 Å². The summed E-state index contributed by atoms with van der Waals surface area (Å²) in [5.74, 6) is -1.35. The third-order valence-electron chi connectivity index (χ3n) is 6.45. The molecule has 2 rings (SSSR count). The summed E-state index contributed by atoms with van der Waals surface area (Å²) in [7, 11) is 0. The predicted octanol–water partition coefficient (Wildman–Crippen LogP) is 6.60. The molecule has 9 heteroatoms. The number of halogens is 1. The summed E-state index contributed by atoms with van der Waals surface area (Å²) in [6.07, 6.45) is 1.25. The first-order valence-electron chi connectivity index (χ1n) is 13.4. The normalized spacial score (nSPS) is 13.6. The summed E-state index contributed by atoms with van der Waals surface area (Å²) in [5.41, 5.74) is 0.699. The fraction of sp³-hybridized carbons (Fsp3) is 0.500. The average Bonchev–Trinajstić information content (AvgIpc) is 2.86. The van der Waals surface area contributed by atoms with E-state index < -0.39 is 35.6 Å². The predicted molar refractivity (Wildman–Crippen MR) is 155 cm³/mol. The Balaban J connectivity index is 2.60. The van der Waals surface area contributed by atoms with Crippen LogP contribution >= 0.6 is 11.6 Å². The molecule has 8 nitrogen and oxygen atoms in total. The van der Waals surface area contributed by atoms with Crippen LogP contribution in [-0.2, 0) is 14.3 Å². The van der Waals surface area contributed by atoms with E-state index in [1.807, 2.05) is 33.8 Å². The number of rotatable bonds is 11. The molecule has 3 N–H and O–H groups in total. The molecule has 0 bridgehead atoms. The third-order valence-corrected chi connectivity index (χ3v) is 6.76. The van der Waals surface area contributed by atoms with E-state index in [9.17, 15) is 19.5 Å². The number of amides is 3. The first kappa shape index (κ1) is 32.0. The molecular weight excluding hydrogens is 518 g/mol. The summed E-state index contributed by atoms with van der Waals surface area (Å²) in [6.45, 7) is 13.0. The largest absolute Gasteiger partial charge is 0.508 e. The molecule has 3 amide bonds. The van der Waals surface area contributed by atoms with Gasteiger partial charge in [0.15, 0.2) is 0 Å². The molecule has 0 aliphatic heterocycles. The third kappa shape index (κ3) is 8.88. The highest BCUT2D eigenvalue weighted by atomic mass is 35.5. The molecule has 0 aromatic heterocycles. The molecule has 0 saturated carbocycles. The number of hydrogen-bond donors (Lipinski definition) is 3. The Morgan fingerprint density at radius 3 is 2.31 bits per heavy atom. The molecule has 2 aromatic rings. The molecule has 0 saturated heterocycles. The fourth-order valence-corrected chi connectivity index (χ4v) is 4.41. The van der Waals surface area contributed by atoms with Crippen molar-refractivity contribution in [2.24, 2.45) is 5.92 Å². The monoisotopic (exact) mass is 559 g/mol. The van der Waals surface area contributed by atoms with Crippen molar-refractivity contribution in [2.75, 3.05) is 11.9 Å². The van der Waals surface area contributed by atoms with Gasteiger partial charge in [0.25, 0.3) is 5.91 Å². The maximum absolute atomic E-state index is 14.2. The minimum atomic E-state index is -1.19. The molecular formula is C30H42ClN3O5. The summed E-state index contributed by atoms with van der Waals surface area (Å²) in [4.78, 5) is 42.4. The first-order valence-corrected chi connectivity index (χ1v) is 13.8. The van der Waals surface area contributed by atoms with Gasteiger partial charge in [-0.25, -0.2) is 4.79 Å². The van der Waals surface area contributed by atoms with E-state index in [1.54, 1.807) is 51.1 Å². The van der Waals surface area contributed by atoms with E-state index in [4.69, 9.17) is 16.3 Å². The van der Waals surface area contributed by atoms with Crippen molar-refractivity contribution in [3.05, 3.63) is 58.6 Å². The molecule has 0 aliphatic carbocycles. The van der Waals surface area contributed by atoms with Crippen LogP contribution in [0.5, 0.6) is 5.75 Å². The number of nitrogens with one attached hydrogen (secondary N) is 2. The molecule has 39 heavy (non-hydrogen) atoms. The van der Waals surface area contributed by atoms with Gasteiger partial charge in [-0.1, -0.05) is 75.5 Å². The summed E-state index contributed by atoms with van der Waals surface area (Å²) in [6, 6.07) is 9.57. The summed E-state index contributed by atoms with van der Waals surface area (Å²) >= 11 is 6.40. The van der Waals surface area contributed by atoms with Gasteiger partial charge < -0.3 is 25.4 Å². The van der Waals surface area contributed by atoms with Crippen molar-refractivity contribution in [1.82, 2.24) is 10.2 Å². The lowest BCUT2D eigenvalue weighted by atomic mass is 9.95. The van der Waals surface area contributed by atoms with Crippen LogP contribution in [0.2, 0.25) is 5.02 Å². The van der Waals surface area contributed by atoms with Crippen molar-refractivity contribution in [3.8, 4) is 5.75 Å². The number of carbonyl (C=O) groups excluding carboxylic acids is 3. The van der Waals surface area contributed by atoms with Crippen molar-refractivity contribution in [3.63, 3.8) is 0 Å². The molecule has 0 heterocycles. The minimum Gasteiger partial charge on any atom is -0.508 e. The Bertz CT molecular complexity index is 1130. The molecule has 3 unspecified atom stereocenters. The van der Waals surface area contributed by atoms with Crippen LogP contribution < -0.4 is 10.6 Å². The SMILES string of the molecule is CCCCN(C(=O)C(NC(=O)OC(C)(C)C)C(C)CC)C(C(=O)Nc1c(C)cccc1Cl)c1ccccc1O. The van der Waals surface area contributed by atoms with E-state index >= 15 is 0 Å². The van der Waals surface area contributed by atoms with Gasteiger partial charge in [-0.3, -0.25) is 9.59 Å². The maximum atomic E-state index is 14.2. The van der Waals surface area contributed by atoms with Gasteiger partial charge in [-0.15, -0.1) is 0 Å². The lowest BCUT2D eigenvalue weighted by Crippen LogP contribution is -2.55. The van der Waals surface area contributed by atoms with Gasteiger partial charge in [0, 0.05) is 12.1 Å². The highest BCUT2D eigenvalue weighted by Crippen LogP contribution is 2.33. The van der Waals surface area contributed by atoms with Crippen LogP contribution in [0.3, 0.4) is 0 Å². The lowest BCUT2D eigenvalue weighted by molar-refractivity contribution is -0.142. The highest BCUT2D eigenvalue weighted by molar-refractivity contribution is 6.34. The number of benzene rings is 2. The maximum Gasteiger partial charge on any atom is 0.408 e. The smallest absolute Gasteiger partial charge is 0.408 e. The number of carbonyl (C=O) groups is 3. The molecule has 0 radical (unpaired) electrons. The Morgan fingerprint density at radius 1 is 1.08 bits per heavy atom. The number of phenols is 1. The number of nitrogens with zero attached hydrogens (tertiary/aromatic N) is 1. The number of phenolic OH excluding ortho intramolecular Hbond substituents is 1. The Hall–Kier alpha value is -3.26. The van der Waals surface area contributed by atoms with E-state index in [0.29, 0.717) is 23.6 Å². The van der Waals surface area contributed by atoms with Gasteiger partial charge in [0.1, 0.15) is 23.4 Å². The molecule has 2 aromatic carbocycles. The van der Waals surface area contributed by atoms with Crippen LogP contribution in [0.1, 0.15) is 78.0 Å². The molecule has 0 fully saturated rings. The number of unbranched alkanes of at least 4 members (excludes halogenated alkanes) is 1. The van der Waals surface area contributed by atoms with Gasteiger partial charge >= 0.3 is 6.09 Å². The van der Waals surface area contributed by atoms with E-state index in [0.717, 1.165) is 12.0 Å². The number of anilines is 1. The zero-order valence-electron chi connectivity index (χ0n) is 24.0. The van der Waals surface area contributed by atoms with Crippen molar-refractivity contribution in [1.29, 1.82) is 0 Å². The minimum absolute atomic E-state index is 0.122. The number of alkyl carbamates (subject to hydrolysis) is 1. The number of para-hydroxylation sites is 2. The topological polar surface area (TPSA) is 108 Å². The molecule has 214 valence electrons. The standard InChI is InChI=1S/C30H42ClN3O5/c1-8-10-18-34(28(37)25(19(3)9-2)33-29(38)39-30(5,6)7)26(21-15-11-12-17-23(21)35)27(36)32-24-20(4)14-13-16-22(24)31/h11-17,19,25-26,35H,8-10,18H2,1-7H3,(H,32,36)(H,33,38). The molecule has 0 aliphatic rings. The quantitative estimate of drug-likeness (QED) is 0.287. The highest BCUT2D eigenvalue weighted by Gasteiger charge is 2.39. The number of aryl methyl sites for hydroxylation is 1. The van der Waals surface area contributed by atoms with Crippen molar-refractivity contribution >= 4 is 35.2 Å². The van der Waals surface area contributed by atoms with Crippen molar-refractivity contribution < 1.29 is 24.2 Å². The zero-order valence-corrected chi connectivity index (χ0v) is 24.8. The average molecular weight is 560 g/mol. The van der Waals surface area contributed by atoms with E-state index in [1.165, 1.54) is 11.0 Å². The Kier molecular flexibility index (Phi) is 11.6.